The standard InChI is InChI=1S/2C24H34N3S.Zn/c2*1-17(2)21-15-12-16-22(18(3)4)23(21)25-19(5)26-28(27-24(6,7)8)20-13-10-9-11-14-20;/h2*9-18H,1-8H3;/q2*-1;+2/t2*28-;/m10./s1. The zero-order chi connectivity index (χ0) is 41.8. The average molecular weight is 859 g/mol. The summed E-state index contributed by atoms with van der Waals surface area (Å²) in [6.07, 6.45) is 0. The quantitative estimate of drug-likeness (QED) is 0.0865. The molecule has 0 fully saturated rings. The van der Waals surface area contributed by atoms with Gasteiger partial charge < -0.3 is 9.44 Å². The smallest absolute Gasteiger partial charge is 0.585 e. The second-order valence-corrected chi connectivity index (χ2v) is 20.1. The van der Waals surface area contributed by atoms with Gasteiger partial charge in [0.2, 0.25) is 0 Å². The normalized spacial score (nSPS) is 13.9. The van der Waals surface area contributed by atoms with Crippen molar-refractivity contribution in [2.45, 2.75) is 155 Å². The first-order chi connectivity index (χ1) is 26.2. The molecular weight excluding hydrogens is 790 g/mol. The summed E-state index contributed by atoms with van der Waals surface area (Å²) in [6.45, 7) is 34.4. The Morgan fingerprint density at radius 1 is 0.439 bits per heavy atom. The molecule has 0 N–H and O–H groups in total. The summed E-state index contributed by atoms with van der Waals surface area (Å²) >= 11 is 0. The van der Waals surface area contributed by atoms with Crippen LogP contribution in [-0.2, 0) is 41.2 Å². The van der Waals surface area contributed by atoms with Gasteiger partial charge in [0.15, 0.2) is 0 Å². The van der Waals surface area contributed by atoms with Crippen molar-refractivity contribution < 1.29 is 19.5 Å². The van der Waals surface area contributed by atoms with Gasteiger partial charge in [0, 0.05) is 0 Å². The van der Waals surface area contributed by atoms with E-state index in [4.69, 9.17) is 28.2 Å². The summed E-state index contributed by atoms with van der Waals surface area (Å²) in [6, 6.07) is 33.6. The first-order valence-electron chi connectivity index (χ1n) is 20.0. The molecule has 304 valence electrons. The molecule has 57 heavy (non-hydrogen) atoms. The molecule has 0 amide bonds. The molecule has 4 aromatic carbocycles. The number of hydrogen-bond donors (Lipinski definition) is 0. The maximum absolute atomic E-state index is 4.99. The largest absolute Gasteiger partial charge is 2.00 e. The van der Waals surface area contributed by atoms with Crippen molar-refractivity contribution in [1.29, 1.82) is 0 Å². The fourth-order valence-corrected chi connectivity index (χ4v) is 8.68. The van der Waals surface area contributed by atoms with Gasteiger partial charge in [0.25, 0.3) is 0 Å². The molecule has 0 saturated heterocycles. The third kappa shape index (κ3) is 16.7. The van der Waals surface area contributed by atoms with E-state index in [0.29, 0.717) is 23.7 Å². The summed E-state index contributed by atoms with van der Waals surface area (Å²) < 4.78 is 19.8. The molecule has 0 spiro atoms. The van der Waals surface area contributed by atoms with E-state index < -0.39 is 21.8 Å². The molecule has 4 rings (SSSR count). The molecule has 9 heteroatoms. The van der Waals surface area contributed by atoms with Crippen LogP contribution in [0.15, 0.2) is 126 Å². The Morgan fingerprint density at radius 2 is 0.702 bits per heavy atom. The molecule has 0 aliphatic carbocycles. The average Bonchev–Trinajstić information content (AvgIpc) is 3.10. The molecule has 0 bridgehead atoms. The summed E-state index contributed by atoms with van der Waals surface area (Å²) in [5, 5.41) is 0. The van der Waals surface area contributed by atoms with Gasteiger partial charge in [-0.2, -0.15) is 21.8 Å². The molecule has 0 unspecified atom stereocenters. The van der Waals surface area contributed by atoms with Gasteiger partial charge in [-0.05, 0) is 93.8 Å². The van der Waals surface area contributed by atoms with Gasteiger partial charge in [0.1, 0.15) is 11.7 Å². The number of hydrogen-bond acceptors (Lipinski definition) is 2. The number of benzene rings is 4. The predicted octanol–water partition coefficient (Wildman–Crippen LogP) is 15.9. The number of rotatable bonds is 10. The van der Waals surface area contributed by atoms with Crippen LogP contribution in [0.1, 0.15) is 157 Å². The van der Waals surface area contributed by atoms with E-state index >= 15 is 0 Å². The summed E-state index contributed by atoms with van der Waals surface area (Å²) in [4.78, 5) is 12.2. The van der Waals surface area contributed by atoms with Crippen molar-refractivity contribution in [3.8, 4) is 0 Å². The Kier molecular flexibility index (Phi) is 20.3. The third-order valence-electron chi connectivity index (χ3n) is 8.30. The van der Waals surface area contributed by atoms with E-state index in [1.54, 1.807) is 0 Å². The van der Waals surface area contributed by atoms with Crippen LogP contribution in [-0.4, -0.2) is 22.7 Å². The van der Waals surface area contributed by atoms with Crippen LogP contribution in [0.5, 0.6) is 0 Å². The molecule has 4 aromatic rings. The summed E-state index contributed by atoms with van der Waals surface area (Å²) in [5.74, 6) is 3.20. The molecule has 0 radical (unpaired) electrons. The fraction of sp³-hybridized carbons (Fsp3) is 0.458. The van der Waals surface area contributed by atoms with E-state index in [9.17, 15) is 0 Å². The van der Waals surface area contributed by atoms with Crippen LogP contribution in [0.25, 0.3) is 9.44 Å². The van der Waals surface area contributed by atoms with Crippen molar-refractivity contribution in [3.63, 3.8) is 0 Å². The molecule has 0 heterocycles. The van der Waals surface area contributed by atoms with Crippen LogP contribution in [0.2, 0.25) is 0 Å². The van der Waals surface area contributed by atoms with Gasteiger partial charge in [-0.1, -0.05) is 170 Å². The second-order valence-electron chi connectivity index (χ2n) is 17.4. The van der Waals surface area contributed by atoms with Crippen molar-refractivity contribution in [2.75, 3.05) is 0 Å². The Hall–Kier alpha value is -2.94. The summed E-state index contributed by atoms with van der Waals surface area (Å²) in [5.41, 5.74) is 6.90. The number of amidine groups is 2. The van der Waals surface area contributed by atoms with Crippen LogP contribution in [0.3, 0.4) is 0 Å². The molecule has 0 saturated carbocycles. The monoisotopic (exact) mass is 856 g/mol. The zero-order valence-corrected chi connectivity index (χ0v) is 42.4. The van der Waals surface area contributed by atoms with Gasteiger partial charge in [-0.15, -0.1) is 11.1 Å². The van der Waals surface area contributed by atoms with Crippen LogP contribution in [0, 0.1) is 0 Å². The number of aliphatic imine (C=N–C) groups is 2. The molecule has 0 aliphatic rings. The number of para-hydroxylation sites is 2. The Balaban J connectivity index is 0.000000387. The fourth-order valence-electron chi connectivity index (χ4n) is 5.75. The zero-order valence-electron chi connectivity index (χ0n) is 37.8. The van der Waals surface area contributed by atoms with E-state index in [-0.39, 0.29) is 30.6 Å². The Bertz CT molecular complexity index is 1790. The minimum absolute atomic E-state index is 0. The van der Waals surface area contributed by atoms with Gasteiger partial charge >= 0.3 is 19.5 Å². The Morgan fingerprint density at radius 3 is 0.930 bits per heavy atom. The third-order valence-corrected chi connectivity index (χ3v) is 12.0. The van der Waals surface area contributed by atoms with Crippen molar-refractivity contribution in [3.05, 3.63) is 129 Å². The van der Waals surface area contributed by atoms with Crippen LogP contribution in [0.4, 0.5) is 11.4 Å². The minimum atomic E-state index is -0.576. The van der Waals surface area contributed by atoms with Crippen molar-refractivity contribution >= 4 is 44.8 Å². The van der Waals surface area contributed by atoms with E-state index in [2.05, 4.69) is 158 Å². The van der Waals surface area contributed by atoms with Crippen molar-refractivity contribution in [1.82, 2.24) is 0 Å². The van der Waals surface area contributed by atoms with Gasteiger partial charge in [0.05, 0.1) is 11.4 Å². The van der Waals surface area contributed by atoms with Crippen molar-refractivity contribution in [2.24, 2.45) is 18.7 Å². The maximum atomic E-state index is 4.99. The maximum Gasteiger partial charge on any atom is 2.00 e. The molecule has 0 aromatic heterocycles. The molecule has 0 aliphatic heterocycles. The van der Waals surface area contributed by atoms with Gasteiger partial charge in [-0.25, -0.2) is 18.7 Å². The van der Waals surface area contributed by atoms with E-state index in [1.807, 2.05) is 50.2 Å². The Labute approximate surface area is 364 Å². The van der Waals surface area contributed by atoms with E-state index in [0.717, 1.165) is 32.8 Å². The predicted molar refractivity (Wildman–Crippen MR) is 250 cm³/mol. The van der Waals surface area contributed by atoms with Gasteiger partial charge in [-0.3, -0.25) is 0 Å². The molecule has 6 nitrogen and oxygen atoms in total. The first-order valence-corrected chi connectivity index (χ1v) is 22.3. The first kappa shape index (κ1) is 50.2. The van der Waals surface area contributed by atoms with Crippen LogP contribution >= 0.6 is 0 Å². The second kappa shape index (κ2) is 23.0. The van der Waals surface area contributed by atoms with E-state index in [1.165, 1.54) is 22.3 Å². The SMILES string of the molecule is CC(=Nc1c(C(C)C)cccc1C(C)C)N=[S@@]([N-]C(C)(C)C)c1ccccc1.CC(=Nc1c(C(C)C)cccc1C(C)C)N=[S@]([N-]C(C)(C)C)c1ccccc1.[Zn+2]. The number of nitrogens with zero attached hydrogens (tertiary/aromatic N) is 6. The van der Waals surface area contributed by atoms with Crippen LogP contribution < -0.4 is 0 Å². The summed E-state index contributed by atoms with van der Waals surface area (Å²) in [7, 11) is -1.15. The molecular formula is C48H68N6S2Zn. The minimum Gasteiger partial charge on any atom is -0.585 e. The molecule has 2 atom stereocenters. The topological polar surface area (TPSA) is 77.6 Å².